The number of aryl methyl sites for hydroxylation is 1. The third-order valence-electron chi connectivity index (χ3n) is 5.92. The lowest BCUT2D eigenvalue weighted by Gasteiger charge is -2.42. The van der Waals surface area contributed by atoms with Gasteiger partial charge in [-0.15, -0.1) is 0 Å². The summed E-state index contributed by atoms with van der Waals surface area (Å²) in [5.74, 6) is 1.58. The molecule has 5 nitrogen and oxygen atoms in total. The van der Waals surface area contributed by atoms with E-state index in [1.807, 2.05) is 63.2 Å². The Hall–Kier alpha value is -2.60. The molecule has 6 heteroatoms. The Kier molecular flexibility index (Phi) is 4.51. The number of fused-ring (bicyclic) bond motifs is 3. The maximum absolute atomic E-state index is 11.1. The van der Waals surface area contributed by atoms with Crippen LogP contribution in [0.4, 0.5) is 0 Å². The maximum atomic E-state index is 11.1. The SMILES string of the molecule is Cc1cc(Cl)nc2cc3c(cc12)OC(C)(C)C(O)C3NCc1occ2ccccc12. The Bertz CT molecular complexity index is 1260. The van der Waals surface area contributed by atoms with E-state index in [4.69, 9.17) is 20.8 Å². The highest BCUT2D eigenvalue weighted by Crippen LogP contribution is 2.42. The predicted molar refractivity (Wildman–Crippen MR) is 118 cm³/mol. The molecule has 0 amide bonds. The molecule has 0 spiro atoms. The summed E-state index contributed by atoms with van der Waals surface area (Å²) in [4.78, 5) is 4.47. The first kappa shape index (κ1) is 19.4. The second-order valence-corrected chi connectivity index (χ2v) is 8.81. The summed E-state index contributed by atoms with van der Waals surface area (Å²) < 4.78 is 12.0. The minimum atomic E-state index is -0.760. The number of ether oxygens (including phenoxy) is 1. The standard InChI is InChI=1S/C24H23ClN2O3/c1-13-8-21(25)27-18-9-17-19(10-16(13)18)30-24(2,3)23(28)22(17)26-11-20-15-7-5-4-6-14(15)12-29-20/h4-10,12,22-23,26,28H,11H2,1-3H3. The van der Waals surface area contributed by atoms with Gasteiger partial charge in [-0.1, -0.05) is 35.9 Å². The number of rotatable bonds is 3. The first-order chi connectivity index (χ1) is 14.3. The molecule has 2 aromatic heterocycles. The Morgan fingerprint density at radius 3 is 2.80 bits per heavy atom. The zero-order chi connectivity index (χ0) is 21.0. The molecule has 2 unspecified atom stereocenters. The number of nitrogens with one attached hydrogen (secondary N) is 1. The van der Waals surface area contributed by atoms with Crippen molar-refractivity contribution in [2.75, 3.05) is 0 Å². The lowest BCUT2D eigenvalue weighted by Crippen LogP contribution is -2.52. The molecule has 3 heterocycles. The normalized spacial score (nSPS) is 20.3. The molecule has 0 aliphatic carbocycles. The Balaban J connectivity index is 1.56. The number of nitrogens with zero attached hydrogens (tertiary/aromatic N) is 1. The molecule has 2 atom stereocenters. The maximum Gasteiger partial charge on any atom is 0.131 e. The molecule has 0 saturated heterocycles. The van der Waals surface area contributed by atoms with Crippen molar-refractivity contribution in [2.24, 2.45) is 0 Å². The lowest BCUT2D eigenvalue weighted by molar-refractivity contribution is -0.0649. The van der Waals surface area contributed by atoms with Gasteiger partial charge in [-0.25, -0.2) is 4.98 Å². The van der Waals surface area contributed by atoms with E-state index >= 15 is 0 Å². The number of pyridine rings is 1. The van der Waals surface area contributed by atoms with Crippen molar-refractivity contribution in [2.45, 2.75) is 45.1 Å². The minimum absolute atomic E-state index is 0.349. The molecule has 2 aromatic carbocycles. The fraction of sp³-hybridized carbons (Fsp3) is 0.292. The highest BCUT2D eigenvalue weighted by Gasteiger charge is 2.43. The smallest absolute Gasteiger partial charge is 0.131 e. The van der Waals surface area contributed by atoms with Gasteiger partial charge in [-0.2, -0.15) is 0 Å². The first-order valence-corrected chi connectivity index (χ1v) is 10.4. The third-order valence-corrected chi connectivity index (χ3v) is 6.12. The summed E-state index contributed by atoms with van der Waals surface area (Å²) in [6.45, 7) is 6.27. The predicted octanol–water partition coefficient (Wildman–Crippen LogP) is 5.31. The van der Waals surface area contributed by atoms with Crippen LogP contribution in [0.5, 0.6) is 5.75 Å². The summed E-state index contributed by atoms with van der Waals surface area (Å²) in [5, 5.41) is 18.1. The average Bonchev–Trinajstić information content (AvgIpc) is 3.11. The lowest BCUT2D eigenvalue weighted by atomic mass is 9.85. The minimum Gasteiger partial charge on any atom is -0.485 e. The van der Waals surface area contributed by atoms with E-state index in [0.717, 1.165) is 44.3 Å². The molecular formula is C24H23ClN2O3. The average molecular weight is 423 g/mol. The third kappa shape index (κ3) is 3.14. The van der Waals surface area contributed by atoms with Crippen molar-refractivity contribution in [1.82, 2.24) is 10.3 Å². The molecular weight excluding hydrogens is 400 g/mol. The zero-order valence-corrected chi connectivity index (χ0v) is 17.8. The van der Waals surface area contributed by atoms with Crippen LogP contribution in [-0.2, 0) is 6.54 Å². The van der Waals surface area contributed by atoms with Gasteiger partial charge in [0.1, 0.15) is 28.4 Å². The molecule has 0 fully saturated rings. The van der Waals surface area contributed by atoms with Crippen LogP contribution in [0.1, 0.15) is 36.8 Å². The van der Waals surface area contributed by atoms with Crippen LogP contribution < -0.4 is 10.1 Å². The fourth-order valence-corrected chi connectivity index (χ4v) is 4.51. The molecule has 1 aliphatic rings. The van der Waals surface area contributed by atoms with Crippen molar-refractivity contribution < 1.29 is 14.3 Å². The number of halogens is 1. The Labute approximate surface area is 179 Å². The molecule has 0 saturated carbocycles. The van der Waals surface area contributed by atoms with E-state index in [9.17, 15) is 5.11 Å². The van der Waals surface area contributed by atoms with Crippen LogP contribution in [0, 0.1) is 6.92 Å². The van der Waals surface area contributed by atoms with Gasteiger partial charge in [0.15, 0.2) is 0 Å². The van der Waals surface area contributed by atoms with Gasteiger partial charge in [-0.3, -0.25) is 0 Å². The second kappa shape index (κ2) is 6.98. The Morgan fingerprint density at radius 2 is 1.97 bits per heavy atom. The number of aromatic nitrogens is 1. The largest absolute Gasteiger partial charge is 0.485 e. The molecule has 0 radical (unpaired) electrons. The van der Waals surface area contributed by atoms with E-state index < -0.39 is 11.7 Å². The van der Waals surface area contributed by atoms with Crippen molar-refractivity contribution in [3.8, 4) is 5.75 Å². The van der Waals surface area contributed by atoms with Gasteiger partial charge in [0.25, 0.3) is 0 Å². The van der Waals surface area contributed by atoms with E-state index in [1.54, 1.807) is 6.26 Å². The quantitative estimate of drug-likeness (QED) is 0.438. The molecule has 1 aliphatic heterocycles. The van der Waals surface area contributed by atoms with Gasteiger partial charge in [-0.05, 0) is 44.5 Å². The molecule has 30 heavy (non-hydrogen) atoms. The Morgan fingerprint density at radius 1 is 1.17 bits per heavy atom. The van der Waals surface area contributed by atoms with E-state index in [-0.39, 0.29) is 6.04 Å². The van der Waals surface area contributed by atoms with Crippen molar-refractivity contribution in [3.05, 3.63) is 70.8 Å². The van der Waals surface area contributed by atoms with Gasteiger partial charge in [0, 0.05) is 21.7 Å². The van der Waals surface area contributed by atoms with Crippen molar-refractivity contribution >= 4 is 33.3 Å². The second-order valence-electron chi connectivity index (χ2n) is 8.42. The zero-order valence-electron chi connectivity index (χ0n) is 17.1. The summed E-state index contributed by atoms with van der Waals surface area (Å²) >= 11 is 6.18. The number of furan rings is 1. The van der Waals surface area contributed by atoms with Crippen LogP contribution in [0.2, 0.25) is 5.15 Å². The van der Waals surface area contributed by atoms with Crippen LogP contribution in [0.3, 0.4) is 0 Å². The highest BCUT2D eigenvalue weighted by molar-refractivity contribution is 6.29. The number of benzene rings is 2. The van der Waals surface area contributed by atoms with Crippen LogP contribution >= 0.6 is 11.6 Å². The van der Waals surface area contributed by atoms with Gasteiger partial charge in [0.05, 0.1) is 24.4 Å². The molecule has 154 valence electrons. The summed E-state index contributed by atoms with van der Waals surface area (Å²) in [5.41, 5.74) is 1.92. The molecule has 2 N–H and O–H groups in total. The first-order valence-electron chi connectivity index (χ1n) is 10.00. The fourth-order valence-electron chi connectivity index (χ4n) is 4.26. The van der Waals surface area contributed by atoms with Gasteiger partial charge in [0.2, 0.25) is 0 Å². The molecule has 0 bridgehead atoms. The number of aliphatic hydroxyl groups is 1. The summed E-state index contributed by atoms with van der Waals surface area (Å²) in [7, 11) is 0. The highest BCUT2D eigenvalue weighted by atomic mass is 35.5. The van der Waals surface area contributed by atoms with Crippen LogP contribution in [-0.4, -0.2) is 21.8 Å². The topological polar surface area (TPSA) is 67.5 Å². The number of hydrogen-bond acceptors (Lipinski definition) is 5. The summed E-state index contributed by atoms with van der Waals surface area (Å²) in [6, 6.07) is 13.5. The summed E-state index contributed by atoms with van der Waals surface area (Å²) in [6.07, 6.45) is 0.997. The van der Waals surface area contributed by atoms with Crippen molar-refractivity contribution in [3.63, 3.8) is 0 Å². The van der Waals surface area contributed by atoms with Crippen LogP contribution in [0.15, 0.2) is 53.1 Å². The number of hydrogen-bond donors (Lipinski definition) is 2. The van der Waals surface area contributed by atoms with E-state index in [0.29, 0.717) is 11.7 Å². The molecule has 5 rings (SSSR count). The number of aliphatic hydroxyl groups excluding tert-OH is 1. The van der Waals surface area contributed by atoms with Gasteiger partial charge >= 0.3 is 0 Å². The van der Waals surface area contributed by atoms with Gasteiger partial charge < -0.3 is 19.6 Å². The van der Waals surface area contributed by atoms with Crippen LogP contribution in [0.25, 0.3) is 21.7 Å². The van der Waals surface area contributed by atoms with E-state index in [1.165, 1.54) is 0 Å². The molecule has 4 aromatic rings. The van der Waals surface area contributed by atoms with E-state index in [2.05, 4.69) is 10.3 Å². The monoisotopic (exact) mass is 422 g/mol. The van der Waals surface area contributed by atoms with Crippen molar-refractivity contribution in [1.29, 1.82) is 0 Å².